The molecule has 0 atom stereocenters. The molecular weight excluding hydrogens is 228 g/mol. The molecule has 1 heterocycles. The number of aromatic nitrogens is 1. The molecule has 1 aromatic heterocycles. The summed E-state index contributed by atoms with van der Waals surface area (Å²) in [6.45, 7) is 3.92. The predicted octanol–water partition coefficient (Wildman–Crippen LogP) is 2.66. The first-order chi connectivity index (χ1) is 8.59. The molecule has 18 heavy (non-hydrogen) atoms. The SMILES string of the molecule is Cc1cccc(NC(=O)c2ccncc2O)c1C. The van der Waals surface area contributed by atoms with E-state index in [0.717, 1.165) is 16.8 Å². The lowest BCUT2D eigenvalue weighted by Gasteiger charge is -2.10. The first-order valence-electron chi connectivity index (χ1n) is 5.60. The number of hydrogen-bond donors (Lipinski definition) is 2. The molecule has 1 aromatic carbocycles. The van der Waals surface area contributed by atoms with Gasteiger partial charge in [-0.15, -0.1) is 0 Å². The van der Waals surface area contributed by atoms with Gasteiger partial charge in [0.05, 0.1) is 11.8 Å². The molecule has 4 nitrogen and oxygen atoms in total. The Bertz CT molecular complexity index is 594. The molecule has 0 spiro atoms. The van der Waals surface area contributed by atoms with Crippen LogP contribution in [0, 0.1) is 13.8 Å². The van der Waals surface area contributed by atoms with Crippen molar-refractivity contribution < 1.29 is 9.90 Å². The second kappa shape index (κ2) is 4.87. The maximum absolute atomic E-state index is 12.0. The van der Waals surface area contributed by atoms with Crippen LogP contribution in [0.2, 0.25) is 0 Å². The van der Waals surface area contributed by atoms with Crippen molar-refractivity contribution in [1.29, 1.82) is 0 Å². The molecule has 0 saturated carbocycles. The molecule has 0 bridgehead atoms. The van der Waals surface area contributed by atoms with Crippen LogP contribution in [0.4, 0.5) is 5.69 Å². The molecule has 0 saturated heterocycles. The smallest absolute Gasteiger partial charge is 0.259 e. The lowest BCUT2D eigenvalue weighted by atomic mass is 10.1. The summed E-state index contributed by atoms with van der Waals surface area (Å²) in [5.41, 5.74) is 3.08. The largest absolute Gasteiger partial charge is 0.505 e. The Hall–Kier alpha value is -2.36. The van der Waals surface area contributed by atoms with E-state index in [-0.39, 0.29) is 17.2 Å². The van der Waals surface area contributed by atoms with Crippen LogP contribution in [0.5, 0.6) is 5.75 Å². The second-order valence-corrected chi connectivity index (χ2v) is 4.09. The molecule has 92 valence electrons. The molecule has 2 N–H and O–H groups in total. The Balaban J connectivity index is 2.27. The first-order valence-corrected chi connectivity index (χ1v) is 5.60. The Kier molecular flexibility index (Phi) is 3.28. The first kappa shape index (κ1) is 12.1. The standard InChI is InChI=1S/C14H14N2O2/c1-9-4-3-5-12(10(9)2)16-14(18)11-6-7-15-8-13(11)17/h3-8,17H,1-2H3,(H,16,18). The number of carbonyl (C=O) groups excluding carboxylic acids is 1. The fraction of sp³-hybridized carbons (Fsp3) is 0.143. The Labute approximate surface area is 105 Å². The van der Waals surface area contributed by atoms with Crippen molar-refractivity contribution >= 4 is 11.6 Å². The maximum atomic E-state index is 12.0. The highest BCUT2D eigenvalue weighted by Gasteiger charge is 2.12. The van der Waals surface area contributed by atoms with E-state index in [1.54, 1.807) is 0 Å². The highest BCUT2D eigenvalue weighted by molar-refractivity contribution is 6.06. The van der Waals surface area contributed by atoms with Crippen molar-refractivity contribution in [3.63, 3.8) is 0 Å². The van der Waals surface area contributed by atoms with Crippen molar-refractivity contribution in [3.05, 3.63) is 53.3 Å². The van der Waals surface area contributed by atoms with E-state index < -0.39 is 0 Å². The minimum Gasteiger partial charge on any atom is -0.505 e. The minimum atomic E-state index is -0.344. The van der Waals surface area contributed by atoms with Crippen LogP contribution in [0.15, 0.2) is 36.7 Å². The molecule has 0 unspecified atom stereocenters. The van der Waals surface area contributed by atoms with Gasteiger partial charge in [0, 0.05) is 11.9 Å². The van der Waals surface area contributed by atoms with Crippen molar-refractivity contribution in [2.24, 2.45) is 0 Å². The van der Waals surface area contributed by atoms with E-state index in [1.165, 1.54) is 18.5 Å². The number of nitrogens with one attached hydrogen (secondary N) is 1. The van der Waals surface area contributed by atoms with E-state index in [9.17, 15) is 9.90 Å². The van der Waals surface area contributed by atoms with Gasteiger partial charge in [-0.25, -0.2) is 0 Å². The van der Waals surface area contributed by atoms with Gasteiger partial charge < -0.3 is 10.4 Å². The van der Waals surface area contributed by atoms with Crippen molar-refractivity contribution in [2.75, 3.05) is 5.32 Å². The van der Waals surface area contributed by atoms with Gasteiger partial charge in [-0.2, -0.15) is 0 Å². The molecule has 4 heteroatoms. The number of benzene rings is 1. The van der Waals surface area contributed by atoms with Crippen LogP contribution in [0.25, 0.3) is 0 Å². The van der Waals surface area contributed by atoms with Crippen LogP contribution in [0.3, 0.4) is 0 Å². The average molecular weight is 242 g/mol. The number of hydrogen-bond acceptors (Lipinski definition) is 3. The van der Waals surface area contributed by atoms with Crippen LogP contribution in [-0.2, 0) is 0 Å². The third kappa shape index (κ3) is 2.32. The molecular formula is C14H14N2O2. The maximum Gasteiger partial charge on any atom is 0.259 e. The van der Waals surface area contributed by atoms with E-state index in [0.29, 0.717) is 0 Å². The minimum absolute atomic E-state index is 0.125. The van der Waals surface area contributed by atoms with Gasteiger partial charge in [0.15, 0.2) is 0 Å². The van der Waals surface area contributed by atoms with E-state index in [2.05, 4.69) is 10.3 Å². The van der Waals surface area contributed by atoms with E-state index >= 15 is 0 Å². The fourth-order valence-corrected chi connectivity index (χ4v) is 1.65. The van der Waals surface area contributed by atoms with Gasteiger partial charge in [-0.05, 0) is 37.1 Å². The predicted molar refractivity (Wildman–Crippen MR) is 69.8 cm³/mol. The molecule has 2 rings (SSSR count). The lowest BCUT2D eigenvalue weighted by Crippen LogP contribution is -2.13. The molecule has 0 aliphatic carbocycles. The summed E-state index contributed by atoms with van der Waals surface area (Å²) in [4.78, 5) is 15.7. The fourth-order valence-electron chi connectivity index (χ4n) is 1.65. The number of aryl methyl sites for hydroxylation is 1. The third-order valence-electron chi connectivity index (χ3n) is 2.90. The van der Waals surface area contributed by atoms with Crippen molar-refractivity contribution in [2.45, 2.75) is 13.8 Å². The average Bonchev–Trinajstić information content (AvgIpc) is 2.35. The summed E-state index contributed by atoms with van der Waals surface area (Å²) in [6.07, 6.45) is 2.72. The van der Waals surface area contributed by atoms with Gasteiger partial charge in [0.2, 0.25) is 0 Å². The summed E-state index contributed by atoms with van der Waals surface area (Å²) in [6, 6.07) is 7.17. The quantitative estimate of drug-likeness (QED) is 0.851. The number of carbonyl (C=O) groups is 1. The van der Waals surface area contributed by atoms with Gasteiger partial charge in [-0.1, -0.05) is 12.1 Å². The Morgan fingerprint density at radius 3 is 2.78 bits per heavy atom. The zero-order valence-corrected chi connectivity index (χ0v) is 10.3. The van der Waals surface area contributed by atoms with Gasteiger partial charge in [-0.3, -0.25) is 9.78 Å². The molecule has 0 radical (unpaired) electrons. The zero-order valence-electron chi connectivity index (χ0n) is 10.3. The van der Waals surface area contributed by atoms with Crippen LogP contribution in [0.1, 0.15) is 21.5 Å². The van der Waals surface area contributed by atoms with Crippen LogP contribution >= 0.6 is 0 Å². The van der Waals surface area contributed by atoms with Gasteiger partial charge in [0.1, 0.15) is 5.75 Å². The lowest BCUT2D eigenvalue weighted by molar-refractivity contribution is 0.102. The third-order valence-corrected chi connectivity index (χ3v) is 2.90. The Morgan fingerprint density at radius 2 is 2.06 bits per heavy atom. The molecule has 2 aromatic rings. The second-order valence-electron chi connectivity index (χ2n) is 4.09. The van der Waals surface area contributed by atoms with E-state index in [4.69, 9.17) is 0 Å². The normalized spacial score (nSPS) is 10.1. The van der Waals surface area contributed by atoms with Crippen LogP contribution in [-0.4, -0.2) is 16.0 Å². The highest BCUT2D eigenvalue weighted by Crippen LogP contribution is 2.21. The van der Waals surface area contributed by atoms with Crippen LogP contribution < -0.4 is 5.32 Å². The monoisotopic (exact) mass is 242 g/mol. The molecule has 0 fully saturated rings. The molecule has 0 aliphatic rings. The number of rotatable bonds is 2. The van der Waals surface area contributed by atoms with Gasteiger partial charge in [0.25, 0.3) is 5.91 Å². The highest BCUT2D eigenvalue weighted by atomic mass is 16.3. The number of aromatic hydroxyl groups is 1. The zero-order chi connectivity index (χ0) is 13.1. The number of amides is 1. The summed E-state index contributed by atoms with van der Waals surface area (Å²) in [5.74, 6) is -0.469. The number of nitrogens with zero attached hydrogens (tertiary/aromatic N) is 1. The summed E-state index contributed by atoms with van der Waals surface area (Å²) in [5, 5.41) is 12.3. The molecule has 1 amide bonds. The summed E-state index contributed by atoms with van der Waals surface area (Å²) in [7, 11) is 0. The summed E-state index contributed by atoms with van der Waals surface area (Å²) < 4.78 is 0. The number of pyridine rings is 1. The van der Waals surface area contributed by atoms with Crippen molar-refractivity contribution in [1.82, 2.24) is 4.98 Å². The Morgan fingerprint density at radius 1 is 1.28 bits per heavy atom. The van der Waals surface area contributed by atoms with Crippen molar-refractivity contribution in [3.8, 4) is 5.75 Å². The van der Waals surface area contributed by atoms with E-state index in [1.807, 2.05) is 32.0 Å². The number of anilines is 1. The molecule has 0 aliphatic heterocycles. The topological polar surface area (TPSA) is 62.2 Å². The summed E-state index contributed by atoms with van der Waals surface area (Å²) >= 11 is 0. The van der Waals surface area contributed by atoms with Gasteiger partial charge >= 0.3 is 0 Å².